The minimum Gasteiger partial charge on any atom is -0.504 e. The lowest BCUT2D eigenvalue weighted by Gasteiger charge is -2.04. The first-order chi connectivity index (χ1) is 13.6. The van der Waals surface area contributed by atoms with Gasteiger partial charge in [0.2, 0.25) is 5.88 Å². The van der Waals surface area contributed by atoms with E-state index in [0.717, 1.165) is 6.07 Å². The summed E-state index contributed by atoms with van der Waals surface area (Å²) in [7, 11) is -4.97. The molecule has 3 N–H and O–H groups in total. The number of nitrogens with zero attached hydrogens (tertiary/aromatic N) is 5. The molecule has 150 valence electrons. The lowest BCUT2D eigenvalue weighted by Crippen LogP contribution is -2.00. The van der Waals surface area contributed by atoms with Crippen LogP contribution < -0.4 is 0 Å². The van der Waals surface area contributed by atoms with E-state index in [-0.39, 0.29) is 11.4 Å². The van der Waals surface area contributed by atoms with Gasteiger partial charge < -0.3 is 10.2 Å². The van der Waals surface area contributed by atoms with E-state index in [1.807, 2.05) is 0 Å². The van der Waals surface area contributed by atoms with Crippen LogP contribution in [0.25, 0.3) is 5.69 Å². The number of para-hydroxylation sites is 1. The number of non-ortho nitro benzene ring substituents is 1. The Kier molecular flexibility index (Phi) is 5.01. The molecule has 2 aromatic carbocycles. The molecule has 0 amide bonds. The summed E-state index contributed by atoms with van der Waals surface area (Å²) in [6.07, 6.45) is 0. The van der Waals surface area contributed by atoms with Crippen LogP contribution in [0.1, 0.15) is 5.69 Å². The molecule has 3 aromatic rings. The van der Waals surface area contributed by atoms with E-state index < -0.39 is 42.9 Å². The maximum atomic E-state index is 11.4. The Morgan fingerprint density at radius 3 is 2.38 bits per heavy atom. The van der Waals surface area contributed by atoms with Crippen molar-refractivity contribution in [2.24, 2.45) is 10.2 Å². The van der Waals surface area contributed by atoms with Crippen LogP contribution in [0.2, 0.25) is 0 Å². The molecule has 13 heteroatoms. The first-order valence-electron chi connectivity index (χ1n) is 7.84. The molecule has 0 aliphatic heterocycles. The second-order valence-electron chi connectivity index (χ2n) is 5.75. The summed E-state index contributed by atoms with van der Waals surface area (Å²) in [4.78, 5) is 8.99. The molecule has 0 unspecified atom stereocenters. The Hall–Kier alpha value is -3.84. The molecular formula is C16H13N5O7S. The lowest BCUT2D eigenvalue weighted by atomic mass is 10.2. The zero-order valence-electron chi connectivity index (χ0n) is 14.7. The summed E-state index contributed by atoms with van der Waals surface area (Å²) in [6, 6.07) is 9.84. The molecule has 0 aliphatic rings. The second-order valence-corrected chi connectivity index (χ2v) is 7.14. The molecule has 0 aliphatic carbocycles. The van der Waals surface area contributed by atoms with Crippen molar-refractivity contribution in [1.29, 1.82) is 0 Å². The highest BCUT2D eigenvalue weighted by atomic mass is 32.2. The Morgan fingerprint density at radius 2 is 1.79 bits per heavy atom. The Bertz CT molecular complexity index is 1240. The number of aromatic hydroxyl groups is 2. The lowest BCUT2D eigenvalue weighted by molar-refractivity contribution is -0.385. The van der Waals surface area contributed by atoms with Crippen molar-refractivity contribution in [3.63, 3.8) is 0 Å². The van der Waals surface area contributed by atoms with Crippen LogP contribution in [0.15, 0.2) is 57.6 Å². The molecule has 0 saturated heterocycles. The summed E-state index contributed by atoms with van der Waals surface area (Å²) in [6.45, 7) is 1.52. The van der Waals surface area contributed by atoms with Crippen molar-refractivity contribution in [2.75, 3.05) is 0 Å². The van der Waals surface area contributed by atoms with Crippen molar-refractivity contribution < 1.29 is 28.1 Å². The summed E-state index contributed by atoms with van der Waals surface area (Å²) < 4.78 is 33.1. The van der Waals surface area contributed by atoms with Crippen LogP contribution in [0, 0.1) is 17.0 Å². The van der Waals surface area contributed by atoms with Gasteiger partial charge in [-0.2, -0.15) is 18.2 Å². The highest BCUT2D eigenvalue weighted by molar-refractivity contribution is 7.86. The van der Waals surface area contributed by atoms with Gasteiger partial charge in [0.1, 0.15) is 10.6 Å². The van der Waals surface area contributed by atoms with E-state index in [0.29, 0.717) is 11.8 Å². The molecule has 0 saturated carbocycles. The van der Waals surface area contributed by atoms with Gasteiger partial charge in [-0.3, -0.25) is 14.7 Å². The average Bonchev–Trinajstić information content (AvgIpc) is 2.94. The van der Waals surface area contributed by atoms with E-state index in [1.165, 1.54) is 11.6 Å². The number of nitro benzene ring substituents is 1. The molecule has 0 radical (unpaired) electrons. The highest BCUT2D eigenvalue weighted by Crippen LogP contribution is 2.40. The third-order valence-corrected chi connectivity index (χ3v) is 4.66. The fourth-order valence-corrected chi connectivity index (χ4v) is 3.05. The largest absolute Gasteiger partial charge is 0.504 e. The van der Waals surface area contributed by atoms with Gasteiger partial charge >= 0.3 is 0 Å². The van der Waals surface area contributed by atoms with Gasteiger partial charge in [0.15, 0.2) is 11.4 Å². The molecule has 0 fully saturated rings. The highest BCUT2D eigenvalue weighted by Gasteiger charge is 2.24. The van der Waals surface area contributed by atoms with Gasteiger partial charge in [-0.05, 0) is 19.1 Å². The number of rotatable bonds is 5. The smallest absolute Gasteiger partial charge is 0.298 e. The molecule has 12 nitrogen and oxygen atoms in total. The van der Waals surface area contributed by atoms with Crippen molar-refractivity contribution in [3.8, 4) is 17.3 Å². The normalized spacial score (nSPS) is 11.8. The quantitative estimate of drug-likeness (QED) is 0.244. The van der Waals surface area contributed by atoms with Crippen LogP contribution >= 0.6 is 0 Å². The van der Waals surface area contributed by atoms with Crippen LogP contribution in [-0.2, 0) is 10.1 Å². The summed E-state index contributed by atoms with van der Waals surface area (Å²) in [5.41, 5.74) is -0.673. The first kappa shape index (κ1) is 19.9. The SMILES string of the molecule is Cc1nn(-c2ccccc2)c(O)c1N=Nc1cc([N+](=O)[O-])cc(S(=O)(=O)O)c1O. The zero-order valence-corrected chi connectivity index (χ0v) is 15.5. The third-order valence-electron chi connectivity index (χ3n) is 3.79. The molecule has 1 heterocycles. The zero-order chi connectivity index (χ0) is 21.3. The fraction of sp³-hybridized carbons (Fsp3) is 0.0625. The molecular weight excluding hydrogens is 406 g/mol. The van der Waals surface area contributed by atoms with Gasteiger partial charge in [-0.25, -0.2) is 0 Å². The molecule has 0 atom stereocenters. The number of hydrogen-bond donors (Lipinski definition) is 3. The number of nitro groups is 1. The van der Waals surface area contributed by atoms with E-state index in [1.54, 1.807) is 30.3 Å². The van der Waals surface area contributed by atoms with Gasteiger partial charge in [-0.1, -0.05) is 18.2 Å². The summed E-state index contributed by atoms with van der Waals surface area (Å²) in [5.74, 6) is -1.42. The van der Waals surface area contributed by atoms with Crippen LogP contribution in [0.4, 0.5) is 17.1 Å². The Balaban J connectivity index is 2.11. The molecule has 0 spiro atoms. The second kappa shape index (κ2) is 7.29. The Morgan fingerprint density at radius 1 is 1.14 bits per heavy atom. The van der Waals surface area contributed by atoms with E-state index in [2.05, 4.69) is 15.3 Å². The molecule has 3 rings (SSSR count). The van der Waals surface area contributed by atoms with E-state index in [4.69, 9.17) is 4.55 Å². The van der Waals surface area contributed by atoms with Gasteiger partial charge in [0.25, 0.3) is 15.8 Å². The summed E-state index contributed by atoms with van der Waals surface area (Å²) >= 11 is 0. The fourth-order valence-electron chi connectivity index (χ4n) is 2.43. The minimum absolute atomic E-state index is 0.104. The van der Waals surface area contributed by atoms with Crippen LogP contribution in [0.3, 0.4) is 0 Å². The number of azo groups is 1. The Labute approximate surface area is 163 Å². The predicted octanol–water partition coefficient (Wildman–Crippen LogP) is 3.16. The topological polar surface area (TPSA) is 181 Å². The third kappa shape index (κ3) is 3.90. The van der Waals surface area contributed by atoms with E-state index in [9.17, 15) is 28.7 Å². The maximum absolute atomic E-state index is 11.4. The number of benzene rings is 2. The first-order valence-corrected chi connectivity index (χ1v) is 9.28. The van der Waals surface area contributed by atoms with Crippen LogP contribution in [-0.4, -0.2) is 37.9 Å². The number of aromatic nitrogens is 2. The predicted molar refractivity (Wildman–Crippen MR) is 98.7 cm³/mol. The van der Waals surface area contributed by atoms with Gasteiger partial charge in [-0.15, -0.1) is 10.2 Å². The molecule has 29 heavy (non-hydrogen) atoms. The number of aryl methyl sites for hydroxylation is 1. The van der Waals surface area contributed by atoms with Gasteiger partial charge in [0.05, 0.1) is 16.3 Å². The summed E-state index contributed by atoms with van der Waals surface area (Å²) in [5, 5.41) is 42.9. The molecule has 1 aromatic heterocycles. The average molecular weight is 419 g/mol. The van der Waals surface area contributed by atoms with Gasteiger partial charge in [0, 0.05) is 12.1 Å². The standard InChI is InChI=1S/C16H13N5O7S/c1-9-14(16(23)20(19-9)10-5-3-2-4-6-10)18-17-12-7-11(21(24)25)8-13(15(12)22)29(26,27)28/h2-8,22-23H,1H3,(H,26,27,28). The molecule has 0 bridgehead atoms. The van der Waals surface area contributed by atoms with E-state index >= 15 is 0 Å². The van der Waals surface area contributed by atoms with Crippen molar-refractivity contribution in [1.82, 2.24) is 9.78 Å². The minimum atomic E-state index is -4.97. The number of hydrogen-bond acceptors (Lipinski definition) is 9. The van der Waals surface area contributed by atoms with Crippen molar-refractivity contribution >= 4 is 27.2 Å². The van der Waals surface area contributed by atoms with Crippen molar-refractivity contribution in [3.05, 3.63) is 58.3 Å². The number of phenols is 1. The van der Waals surface area contributed by atoms with Crippen LogP contribution in [0.5, 0.6) is 11.6 Å². The monoisotopic (exact) mass is 419 g/mol. The maximum Gasteiger partial charge on any atom is 0.298 e. The number of phenolic OH excluding ortho intramolecular Hbond substituents is 1. The van der Waals surface area contributed by atoms with Crippen molar-refractivity contribution in [2.45, 2.75) is 11.8 Å².